The van der Waals surface area contributed by atoms with Gasteiger partial charge in [0.25, 0.3) is 0 Å². The zero-order chi connectivity index (χ0) is 16.4. The molecule has 2 N–H and O–H groups in total. The van der Waals surface area contributed by atoms with Crippen LogP contribution in [-0.2, 0) is 0 Å². The van der Waals surface area contributed by atoms with Gasteiger partial charge in [-0.25, -0.2) is 4.79 Å². The van der Waals surface area contributed by atoms with E-state index in [1.807, 2.05) is 0 Å². The minimum Gasteiger partial charge on any atom is -0.504 e. The smallest absolute Gasteiger partial charge is 0.345 e. The molecule has 1 aromatic carbocycles. The first-order valence-corrected chi connectivity index (χ1v) is 7.05. The second-order valence-corrected chi connectivity index (χ2v) is 5.13. The van der Waals surface area contributed by atoms with Crippen LogP contribution in [0.2, 0.25) is 5.02 Å². The van der Waals surface area contributed by atoms with Crippen LogP contribution in [0.25, 0.3) is 22.5 Å². The van der Waals surface area contributed by atoms with Crippen molar-refractivity contribution in [2.45, 2.75) is 0 Å². The molecular formula is C16H12ClN3O3. The highest BCUT2D eigenvalue weighted by atomic mass is 35.5. The van der Waals surface area contributed by atoms with Crippen LogP contribution in [0.4, 0.5) is 0 Å². The molecule has 0 fully saturated rings. The first-order valence-electron chi connectivity index (χ1n) is 6.67. The molecule has 0 bridgehead atoms. The van der Waals surface area contributed by atoms with E-state index in [0.717, 1.165) is 0 Å². The van der Waals surface area contributed by atoms with Crippen molar-refractivity contribution in [3.8, 4) is 34.0 Å². The lowest BCUT2D eigenvalue weighted by Gasteiger charge is -2.08. The van der Waals surface area contributed by atoms with Crippen LogP contribution in [0.5, 0.6) is 11.5 Å². The summed E-state index contributed by atoms with van der Waals surface area (Å²) < 4.78 is 5.08. The molecule has 0 spiro atoms. The maximum atomic E-state index is 11.9. The summed E-state index contributed by atoms with van der Waals surface area (Å²) in [5.41, 5.74) is 1.66. The number of phenolic OH excluding ortho intramolecular Hbond substituents is 1. The highest BCUT2D eigenvalue weighted by molar-refractivity contribution is 6.33. The van der Waals surface area contributed by atoms with Crippen molar-refractivity contribution < 1.29 is 9.84 Å². The first kappa shape index (κ1) is 15.1. The molecule has 6 nitrogen and oxygen atoms in total. The SMILES string of the molecule is COc1cc(-c2cc(-c3cnccc3Cl)[nH]c(=O)n2)ccc1O. The van der Waals surface area contributed by atoms with Gasteiger partial charge in [0.1, 0.15) is 0 Å². The summed E-state index contributed by atoms with van der Waals surface area (Å²) in [5, 5.41) is 10.1. The van der Waals surface area contributed by atoms with Crippen LogP contribution >= 0.6 is 11.6 Å². The van der Waals surface area contributed by atoms with Gasteiger partial charge in [0.15, 0.2) is 11.5 Å². The van der Waals surface area contributed by atoms with Crippen molar-refractivity contribution in [2.24, 2.45) is 0 Å². The number of nitrogens with zero attached hydrogens (tertiary/aromatic N) is 2. The zero-order valence-electron chi connectivity index (χ0n) is 12.1. The van der Waals surface area contributed by atoms with E-state index in [1.165, 1.54) is 13.2 Å². The Hall–Kier alpha value is -2.86. The minimum absolute atomic E-state index is 0.0108. The van der Waals surface area contributed by atoms with E-state index in [-0.39, 0.29) is 5.75 Å². The van der Waals surface area contributed by atoms with Crippen LogP contribution in [0.1, 0.15) is 0 Å². The molecule has 7 heteroatoms. The quantitative estimate of drug-likeness (QED) is 0.771. The third kappa shape index (κ3) is 3.02. The van der Waals surface area contributed by atoms with Crippen LogP contribution in [-0.4, -0.2) is 27.2 Å². The van der Waals surface area contributed by atoms with Crippen molar-refractivity contribution in [1.29, 1.82) is 0 Å². The monoisotopic (exact) mass is 329 g/mol. The van der Waals surface area contributed by atoms with E-state index in [1.54, 1.807) is 36.7 Å². The molecular weight excluding hydrogens is 318 g/mol. The first-order chi connectivity index (χ1) is 11.1. The van der Waals surface area contributed by atoms with Crippen LogP contribution < -0.4 is 10.4 Å². The molecule has 0 aliphatic carbocycles. The summed E-state index contributed by atoms with van der Waals surface area (Å²) in [4.78, 5) is 22.5. The predicted molar refractivity (Wildman–Crippen MR) is 86.8 cm³/mol. The Morgan fingerprint density at radius 1 is 1.26 bits per heavy atom. The highest BCUT2D eigenvalue weighted by Gasteiger charge is 2.11. The molecule has 0 radical (unpaired) electrons. The lowest BCUT2D eigenvalue weighted by atomic mass is 10.1. The summed E-state index contributed by atoms with van der Waals surface area (Å²) in [6.45, 7) is 0. The number of nitrogens with one attached hydrogen (secondary N) is 1. The standard InChI is InChI=1S/C16H12ClN3O3/c1-23-15-6-9(2-3-14(15)21)12-7-13(20-16(22)19-12)10-8-18-5-4-11(10)17/h2-8,21H,1H3,(H,19,20,22). The molecule has 3 rings (SSSR count). The lowest BCUT2D eigenvalue weighted by Crippen LogP contribution is -2.12. The number of aromatic hydroxyl groups is 1. The van der Waals surface area contributed by atoms with E-state index < -0.39 is 5.69 Å². The third-order valence-corrected chi connectivity index (χ3v) is 3.61. The maximum absolute atomic E-state index is 11.9. The van der Waals surface area contributed by atoms with Crippen LogP contribution in [0.3, 0.4) is 0 Å². The second-order valence-electron chi connectivity index (χ2n) is 4.73. The Bertz CT molecular complexity index is 924. The number of pyridine rings is 1. The Labute approximate surface area is 136 Å². The number of benzene rings is 1. The van der Waals surface area contributed by atoms with Crippen LogP contribution in [0.15, 0.2) is 47.5 Å². The van der Waals surface area contributed by atoms with Gasteiger partial charge in [-0.1, -0.05) is 11.6 Å². The summed E-state index contributed by atoms with van der Waals surface area (Å²) >= 11 is 6.14. The molecule has 116 valence electrons. The highest BCUT2D eigenvalue weighted by Crippen LogP contribution is 2.32. The molecule has 0 amide bonds. The van der Waals surface area contributed by atoms with Crippen molar-refractivity contribution in [2.75, 3.05) is 7.11 Å². The molecule has 0 aliphatic rings. The van der Waals surface area contributed by atoms with Gasteiger partial charge in [0, 0.05) is 23.5 Å². The van der Waals surface area contributed by atoms with Crippen LogP contribution in [0, 0.1) is 0 Å². The fraction of sp³-hybridized carbons (Fsp3) is 0.0625. The van der Waals surface area contributed by atoms with Gasteiger partial charge < -0.3 is 14.8 Å². The van der Waals surface area contributed by atoms with Gasteiger partial charge in [-0.3, -0.25) is 4.98 Å². The summed E-state index contributed by atoms with van der Waals surface area (Å²) in [7, 11) is 1.45. The number of H-pyrrole nitrogens is 1. The van der Waals surface area contributed by atoms with Crippen molar-refractivity contribution in [3.63, 3.8) is 0 Å². The fourth-order valence-corrected chi connectivity index (χ4v) is 2.37. The van der Waals surface area contributed by atoms with Gasteiger partial charge in [-0.2, -0.15) is 4.98 Å². The zero-order valence-corrected chi connectivity index (χ0v) is 12.8. The number of halogens is 1. The van der Waals surface area contributed by atoms with E-state index in [0.29, 0.717) is 33.3 Å². The fourth-order valence-electron chi connectivity index (χ4n) is 2.16. The molecule has 0 saturated carbocycles. The number of methoxy groups -OCH3 is 1. The minimum atomic E-state index is -0.510. The molecule has 2 aromatic heterocycles. The summed E-state index contributed by atoms with van der Waals surface area (Å²) in [6.07, 6.45) is 3.13. The Kier molecular flexibility index (Phi) is 3.99. The van der Waals surface area contributed by atoms with E-state index in [2.05, 4.69) is 15.0 Å². The average Bonchev–Trinajstić information content (AvgIpc) is 2.55. The number of rotatable bonds is 3. The molecule has 0 aliphatic heterocycles. The molecule has 0 unspecified atom stereocenters. The van der Waals surface area contributed by atoms with Gasteiger partial charge in [-0.15, -0.1) is 0 Å². The average molecular weight is 330 g/mol. The molecule has 2 heterocycles. The normalized spacial score (nSPS) is 10.5. The van der Waals surface area contributed by atoms with E-state index in [4.69, 9.17) is 16.3 Å². The number of hydrogen-bond donors (Lipinski definition) is 2. The lowest BCUT2D eigenvalue weighted by molar-refractivity contribution is 0.373. The summed E-state index contributed by atoms with van der Waals surface area (Å²) in [5.74, 6) is 0.308. The Morgan fingerprint density at radius 3 is 2.83 bits per heavy atom. The predicted octanol–water partition coefficient (Wildman–Crippen LogP) is 2.87. The van der Waals surface area contributed by atoms with Gasteiger partial charge in [0.2, 0.25) is 0 Å². The second kappa shape index (κ2) is 6.10. The van der Waals surface area contributed by atoms with Gasteiger partial charge in [-0.05, 0) is 30.3 Å². The molecule has 3 aromatic rings. The number of aromatic amines is 1. The summed E-state index contributed by atoms with van der Waals surface area (Å²) in [6, 6.07) is 8.06. The number of ether oxygens (including phenoxy) is 1. The molecule has 23 heavy (non-hydrogen) atoms. The molecule has 0 atom stereocenters. The van der Waals surface area contributed by atoms with Crippen molar-refractivity contribution >= 4 is 11.6 Å². The van der Waals surface area contributed by atoms with Gasteiger partial charge >= 0.3 is 5.69 Å². The molecule has 0 saturated heterocycles. The maximum Gasteiger partial charge on any atom is 0.345 e. The Balaban J connectivity index is 2.15. The number of aromatic nitrogens is 3. The third-order valence-electron chi connectivity index (χ3n) is 3.28. The topological polar surface area (TPSA) is 88.1 Å². The van der Waals surface area contributed by atoms with E-state index in [9.17, 15) is 9.90 Å². The van der Waals surface area contributed by atoms with E-state index >= 15 is 0 Å². The van der Waals surface area contributed by atoms with Gasteiger partial charge in [0.05, 0.1) is 23.5 Å². The van der Waals surface area contributed by atoms with Crippen molar-refractivity contribution in [1.82, 2.24) is 15.0 Å². The number of phenols is 1. The largest absolute Gasteiger partial charge is 0.504 e. The van der Waals surface area contributed by atoms with Crippen molar-refractivity contribution in [3.05, 3.63) is 58.2 Å². The Morgan fingerprint density at radius 2 is 2.09 bits per heavy atom. The number of hydrogen-bond acceptors (Lipinski definition) is 5.